The summed E-state index contributed by atoms with van der Waals surface area (Å²) in [6.07, 6.45) is 2.12. The third kappa shape index (κ3) is 3.66. The molecule has 1 aromatic heterocycles. The summed E-state index contributed by atoms with van der Waals surface area (Å²) < 4.78 is 1.85. The second-order valence-corrected chi connectivity index (χ2v) is 7.55. The maximum atomic E-state index is 13.0. The third-order valence-electron chi connectivity index (χ3n) is 5.85. The molecule has 0 unspecified atom stereocenters. The van der Waals surface area contributed by atoms with Gasteiger partial charge in [-0.25, -0.2) is 9.48 Å². The molecule has 27 heavy (non-hydrogen) atoms. The molecule has 2 aliphatic heterocycles. The summed E-state index contributed by atoms with van der Waals surface area (Å²) in [6.45, 7) is 6.69. The Morgan fingerprint density at radius 3 is 2.78 bits per heavy atom. The molecular weight excluding hydrogens is 342 g/mol. The summed E-state index contributed by atoms with van der Waals surface area (Å²) in [5.41, 5.74) is 0.942. The number of rotatable bonds is 5. The van der Waals surface area contributed by atoms with E-state index in [1.807, 2.05) is 49.0 Å². The van der Waals surface area contributed by atoms with Crippen LogP contribution >= 0.6 is 0 Å². The molecule has 0 aliphatic carbocycles. The largest absolute Gasteiger partial charge is 0.324 e. The number of tetrazole rings is 1. The van der Waals surface area contributed by atoms with Gasteiger partial charge in [-0.05, 0) is 54.8 Å². The van der Waals surface area contributed by atoms with Crippen molar-refractivity contribution in [2.75, 3.05) is 38.1 Å². The van der Waals surface area contributed by atoms with Crippen LogP contribution in [-0.4, -0.2) is 75.3 Å². The summed E-state index contributed by atoms with van der Waals surface area (Å²) >= 11 is 0. The molecule has 1 aromatic carbocycles. The van der Waals surface area contributed by atoms with Crippen LogP contribution in [0.15, 0.2) is 30.3 Å². The molecule has 4 rings (SSSR count). The van der Waals surface area contributed by atoms with E-state index in [0.717, 1.165) is 57.1 Å². The average molecular weight is 369 g/mol. The van der Waals surface area contributed by atoms with Gasteiger partial charge in [0.15, 0.2) is 0 Å². The standard InChI is InChI=1S/C19H27N7O/c1-15-20-21-22-26(15)11-6-10-24-13-16-9-12-25(18(16)14-24)19(27)23(2)17-7-4-3-5-8-17/h3-5,7-8,16,18H,6,9-14H2,1-2H3/t16-,18+/m0/s1. The minimum Gasteiger partial charge on any atom is -0.320 e. The zero-order chi connectivity index (χ0) is 18.8. The number of amides is 2. The van der Waals surface area contributed by atoms with Gasteiger partial charge in [0.1, 0.15) is 5.82 Å². The highest BCUT2D eigenvalue weighted by atomic mass is 16.2. The molecule has 2 saturated heterocycles. The van der Waals surface area contributed by atoms with E-state index in [2.05, 4.69) is 25.3 Å². The highest BCUT2D eigenvalue weighted by Gasteiger charge is 2.43. The van der Waals surface area contributed by atoms with Crippen LogP contribution in [0.3, 0.4) is 0 Å². The Bertz CT molecular complexity index is 777. The van der Waals surface area contributed by atoms with Gasteiger partial charge in [-0.2, -0.15) is 0 Å². The molecular formula is C19H27N7O. The molecule has 2 atom stereocenters. The Morgan fingerprint density at radius 1 is 1.22 bits per heavy atom. The van der Waals surface area contributed by atoms with Crippen molar-refractivity contribution in [2.45, 2.75) is 32.4 Å². The molecule has 8 heteroatoms. The van der Waals surface area contributed by atoms with E-state index in [1.165, 1.54) is 0 Å². The molecule has 0 N–H and O–H groups in total. The highest BCUT2D eigenvalue weighted by Crippen LogP contribution is 2.32. The van der Waals surface area contributed by atoms with Crippen LogP contribution in [0.5, 0.6) is 0 Å². The fourth-order valence-corrected chi connectivity index (χ4v) is 4.32. The summed E-state index contributed by atoms with van der Waals surface area (Å²) in [7, 11) is 1.87. The Labute approximate surface area is 159 Å². The first-order valence-electron chi connectivity index (χ1n) is 9.68. The Morgan fingerprint density at radius 2 is 2.04 bits per heavy atom. The van der Waals surface area contributed by atoms with Crippen molar-refractivity contribution in [3.63, 3.8) is 0 Å². The van der Waals surface area contributed by atoms with E-state index < -0.39 is 0 Å². The van der Waals surface area contributed by atoms with Gasteiger partial charge in [-0.3, -0.25) is 4.90 Å². The van der Waals surface area contributed by atoms with E-state index in [4.69, 9.17) is 0 Å². The average Bonchev–Trinajstić information content (AvgIpc) is 3.37. The number of anilines is 1. The summed E-state index contributed by atoms with van der Waals surface area (Å²) in [5, 5.41) is 11.6. The number of aromatic nitrogens is 4. The van der Waals surface area contributed by atoms with Crippen LogP contribution in [0.1, 0.15) is 18.7 Å². The van der Waals surface area contributed by atoms with Crippen molar-refractivity contribution in [2.24, 2.45) is 5.92 Å². The van der Waals surface area contributed by atoms with Gasteiger partial charge in [0.25, 0.3) is 0 Å². The summed E-state index contributed by atoms with van der Waals surface area (Å²) in [5.74, 6) is 1.45. The molecule has 3 heterocycles. The van der Waals surface area contributed by atoms with Crippen molar-refractivity contribution >= 4 is 11.7 Å². The molecule has 0 saturated carbocycles. The predicted octanol–water partition coefficient (Wildman–Crippen LogP) is 1.63. The number of likely N-dealkylation sites (tertiary alicyclic amines) is 2. The lowest BCUT2D eigenvalue weighted by Crippen LogP contribution is -2.46. The number of para-hydroxylation sites is 1. The van der Waals surface area contributed by atoms with Crippen LogP contribution < -0.4 is 4.90 Å². The van der Waals surface area contributed by atoms with E-state index in [1.54, 1.807) is 4.90 Å². The van der Waals surface area contributed by atoms with Gasteiger partial charge in [-0.15, -0.1) is 5.10 Å². The number of urea groups is 1. The molecule has 0 bridgehead atoms. The van der Waals surface area contributed by atoms with Crippen LogP contribution in [-0.2, 0) is 6.54 Å². The number of fused-ring (bicyclic) bond motifs is 1. The third-order valence-corrected chi connectivity index (χ3v) is 5.85. The van der Waals surface area contributed by atoms with E-state index >= 15 is 0 Å². The van der Waals surface area contributed by atoms with Crippen molar-refractivity contribution < 1.29 is 4.79 Å². The van der Waals surface area contributed by atoms with Gasteiger partial charge in [0, 0.05) is 38.9 Å². The normalized spacial score (nSPS) is 22.2. The van der Waals surface area contributed by atoms with Crippen molar-refractivity contribution in [3.8, 4) is 0 Å². The van der Waals surface area contributed by atoms with Gasteiger partial charge in [0.05, 0.1) is 6.04 Å². The topological polar surface area (TPSA) is 70.4 Å². The van der Waals surface area contributed by atoms with Crippen LogP contribution in [0.4, 0.5) is 10.5 Å². The molecule has 0 spiro atoms. The smallest absolute Gasteiger partial charge is 0.320 e. The minimum absolute atomic E-state index is 0.111. The number of carbonyl (C=O) groups excluding carboxylic acids is 1. The first kappa shape index (κ1) is 17.9. The second-order valence-electron chi connectivity index (χ2n) is 7.55. The predicted molar refractivity (Wildman–Crippen MR) is 102 cm³/mol. The maximum Gasteiger partial charge on any atom is 0.324 e. The SMILES string of the molecule is Cc1nnnn1CCCN1C[C@@H]2CCN(C(=O)N(C)c3ccccc3)[C@@H]2C1. The number of hydrogen-bond donors (Lipinski definition) is 0. The van der Waals surface area contributed by atoms with Crippen LogP contribution in [0.2, 0.25) is 0 Å². The number of carbonyl (C=O) groups is 1. The molecule has 2 amide bonds. The van der Waals surface area contributed by atoms with Crippen LogP contribution in [0, 0.1) is 12.8 Å². The second kappa shape index (κ2) is 7.64. The molecule has 2 aromatic rings. The van der Waals surface area contributed by atoms with Gasteiger partial charge in [-0.1, -0.05) is 18.2 Å². The lowest BCUT2D eigenvalue weighted by molar-refractivity contribution is 0.194. The minimum atomic E-state index is 0.111. The van der Waals surface area contributed by atoms with Gasteiger partial charge in [0.2, 0.25) is 0 Å². The Hall–Kier alpha value is -2.48. The van der Waals surface area contributed by atoms with E-state index in [9.17, 15) is 4.79 Å². The summed E-state index contributed by atoms with van der Waals surface area (Å²) in [4.78, 5) is 19.3. The molecule has 144 valence electrons. The lowest BCUT2D eigenvalue weighted by atomic mass is 10.1. The Kier molecular flexibility index (Phi) is 5.07. The van der Waals surface area contributed by atoms with E-state index in [-0.39, 0.29) is 6.03 Å². The number of hydrogen-bond acceptors (Lipinski definition) is 5. The highest BCUT2D eigenvalue weighted by molar-refractivity contribution is 5.91. The van der Waals surface area contributed by atoms with Crippen molar-refractivity contribution in [1.82, 2.24) is 30.0 Å². The van der Waals surface area contributed by atoms with E-state index in [0.29, 0.717) is 12.0 Å². The zero-order valence-corrected chi connectivity index (χ0v) is 16.0. The van der Waals surface area contributed by atoms with Crippen LogP contribution in [0.25, 0.3) is 0 Å². The monoisotopic (exact) mass is 369 g/mol. The lowest BCUT2D eigenvalue weighted by Gasteiger charge is -2.29. The van der Waals surface area contributed by atoms with Crippen molar-refractivity contribution in [3.05, 3.63) is 36.2 Å². The first-order valence-corrected chi connectivity index (χ1v) is 9.68. The Balaban J connectivity index is 1.31. The van der Waals surface area contributed by atoms with Crippen molar-refractivity contribution in [1.29, 1.82) is 0 Å². The fraction of sp³-hybridized carbons (Fsp3) is 0.579. The quantitative estimate of drug-likeness (QED) is 0.801. The maximum absolute atomic E-state index is 13.0. The zero-order valence-electron chi connectivity index (χ0n) is 16.0. The number of nitrogens with zero attached hydrogens (tertiary/aromatic N) is 7. The van der Waals surface area contributed by atoms with Gasteiger partial charge >= 0.3 is 6.03 Å². The number of aryl methyl sites for hydroxylation is 2. The first-order chi connectivity index (χ1) is 13.1. The molecule has 0 radical (unpaired) electrons. The fourth-order valence-electron chi connectivity index (χ4n) is 4.32. The molecule has 2 fully saturated rings. The number of benzene rings is 1. The molecule has 2 aliphatic rings. The van der Waals surface area contributed by atoms with Gasteiger partial charge < -0.3 is 9.80 Å². The molecule has 8 nitrogen and oxygen atoms in total. The summed E-state index contributed by atoms with van der Waals surface area (Å²) in [6, 6.07) is 10.3.